The third-order valence-corrected chi connectivity index (χ3v) is 4.39. The minimum Gasteiger partial charge on any atom is -0.456 e. The fourth-order valence-corrected chi connectivity index (χ4v) is 2.91. The number of nitrogens with zero attached hydrogens (tertiary/aromatic N) is 1. The zero-order valence-electron chi connectivity index (χ0n) is 12.1. The van der Waals surface area contributed by atoms with E-state index in [2.05, 4.69) is 27.6 Å². The van der Waals surface area contributed by atoms with Crippen LogP contribution in [0.4, 0.5) is 0 Å². The Morgan fingerprint density at radius 2 is 2.26 bits per heavy atom. The van der Waals surface area contributed by atoms with Crippen molar-refractivity contribution >= 4 is 46.0 Å². The molecule has 0 aromatic carbocycles. The third kappa shape index (κ3) is 4.11. The van der Waals surface area contributed by atoms with Crippen LogP contribution < -0.4 is 0 Å². The molecule has 0 aliphatic carbocycles. The molecule has 0 aliphatic heterocycles. The second-order valence-corrected chi connectivity index (χ2v) is 6.59. The van der Waals surface area contributed by atoms with Gasteiger partial charge in [0.1, 0.15) is 23.8 Å². The van der Waals surface area contributed by atoms with Crippen LogP contribution in [0.2, 0.25) is 0 Å². The molecule has 7 heteroatoms. The predicted octanol–water partition coefficient (Wildman–Crippen LogP) is 4.67. The number of carbonyl (C=O) groups excluding carboxylic acids is 1. The van der Waals surface area contributed by atoms with Crippen LogP contribution in [-0.4, -0.2) is 11.0 Å². The zero-order valence-corrected chi connectivity index (χ0v) is 15.1. The van der Waals surface area contributed by atoms with Crippen LogP contribution in [0.3, 0.4) is 0 Å². The summed E-state index contributed by atoms with van der Waals surface area (Å²) in [6, 6.07) is 7.45. The van der Waals surface area contributed by atoms with E-state index in [1.54, 1.807) is 30.4 Å². The Labute approximate surface area is 150 Å². The molecule has 0 aliphatic rings. The first-order valence-electron chi connectivity index (χ1n) is 6.72. The molecule has 3 aromatic rings. The Kier molecular flexibility index (Phi) is 4.97. The summed E-state index contributed by atoms with van der Waals surface area (Å²) in [6.07, 6.45) is 2.89. The zero-order chi connectivity index (χ0) is 16.2. The number of halogens is 1. The molecule has 0 bridgehead atoms. The van der Waals surface area contributed by atoms with E-state index >= 15 is 0 Å². The third-order valence-electron chi connectivity index (χ3n) is 2.95. The van der Waals surface area contributed by atoms with E-state index < -0.39 is 5.97 Å². The summed E-state index contributed by atoms with van der Waals surface area (Å²) in [5, 5.41) is 1.95. The monoisotopic (exact) mass is 441 g/mol. The van der Waals surface area contributed by atoms with Gasteiger partial charge in [0.25, 0.3) is 0 Å². The number of thiophene rings is 1. The lowest BCUT2D eigenvalue weighted by atomic mass is 10.4. The van der Waals surface area contributed by atoms with Gasteiger partial charge in [-0.3, -0.25) is 0 Å². The van der Waals surface area contributed by atoms with Crippen LogP contribution in [0.5, 0.6) is 0 Å². The van der Waals surface area contributed by atoms with Crippen LogP contribution in [0, 0.1) is 10.7 Å². The normalized spacial score (nSPS) is 11.2. The van der Waals surface area contributed by atoms with Crippen molar-refractivity contribution < 1.29 is 18.4 Å². The van der Waals surface area contributed by atoms with Crippen molar-refractivity contribution in [2.75, 3.05) is 0 Å². The summed E-state index contributed by atoms with van der Waals surface area (Å²) in [4.78, 5) is 17.0. The highest BCUT2D eigenvalue weighted by atomic mass is 127. The smallest absolute Gasteiger partial charge is 0.331 e. The molecule has 0 atom stereocenters. The summed E-state index contributed by atoms with van der Waals surface area (Å²) in [7, 11) is 0. The number of aryl methyl sites for hydroxylation is 1. The summed E-state index contributed by atoms with van der Waals surface area (Å²) < 4.78 is 16.9. The van der Waals surface area contributed by atoms with Gasteiger partial charge in [-0.15, -0.1) is 11.3 Å². The van der Waals surface area contributed by atoms with Gasteiger partial charge in [0.05, 0.1) is 4.88 Å². The first kappa shape index (κ1) is 16.0. The van der Waals surface area contributed by atoms with Crippen molar-refractivity contribution in [3.8, 4) is 10.8 Å². The van der Waals surface area contributed by atoms with Gasteiger partial charge in [0.2, 0.25) is 5.89 Å². The summed E-state index contributed by atoms with van der Waals surface area (Å²) >= 11 is 3.60. The van der Waals surface area contributed by atoms with Crippen molar-refractivity contribution in [2.24, 2.45) is 0 Å². The van der Waals surface area contributed by atoms with Crippen molar-refractivity contribution in [1.29, 1.82) is 0 Å². The van der Waals surface area contributed by atoms with Crippen molar-refractivity contribution in [3.63, 3.8) is 0 Å². The molecule has 0 radical (unpaired) electrons. The van der Waals surface area contributed by atoms with E-state index in [0.29, 0.717) is 23.1 Å². The SMILES string of the molecule is Cc1oc(-c2cccs2)nc1COC(=O)/C=C/c1ccc(I)o1. The molecule has 118 valence electrons. The van der Waals surface area contributed by atoms with Gasteiger partial charge in [0.15, 0.2) is 3.77 Å². The van der Waals surface area contributed by atoms with Gasteiger partial charge in [-0.05, 0) is 59.2 Å². The Balaban J connectivity index is 1.60. The minimum absolute atomic E-state index is 0.0690. The maximum absolute atomic E-state index is 11.7. The molecule has 5 nitrogen and oxygen atoms in total. The molecular formula is C16H12INO4S. The highest BCUT2D eigenvalue weighted by Gasteiger charge is 2.13. The van der Waals surface area contributed by atoms with E-state index in [1.807, 2.05) is 23.6 Å². The second-order valence-electron chi connectivity index (χ2n) is 4.58. The molecule has 0 saturated heterocycles. The molecule has 0 spiro atoms. The van der Waals surface area contributed by atoms with Gasteiger partial charge < -0.3 is 13.6 Å². The molecule has 0 fully saturated rings. The van der Waals surface area contributed by atoms with E-state index in [-0.39, 0.29) is 6.61 Å². The number of carbonyl (C=O) groups is 1. The van der Waals surface area contributed by atoms with Gasteiger partial charge in [-0.25, -0.2) is 9.78 Å². The topological polar surface area (TPSA) is 65.5 Å². The fourth-order valence-electron chi connectivity index (χ4n) is 1.82. The lowest BCUT2D eigenvalue weighted by Gasteiger charge is -1.98. The average Bonchev–Trinajstić information content (AvgIpc) is 3.24. The lowest BCUT2D eigenvalue weighted by Crippen LogP contribution is -2.01. The maximum atomic E-state index is 11.7. The van der Waals surface area contributed by atoms with Gasteiger partial charge in [0, 0.05) is 6.08 Å². The molecule has 3 rings (SSSR count). The number of hydrogen-bond acceptors (Lipinski definition) is 6. The first-order chi connectivity index (χ1) is 11.1. The number of oxazole rings is 1. The van der Waals surface area contributed by atoms with Crippen molar-refractivity contribution in [1.82, 2.24) is 4.98 Å². The predicted molar refractivity (Wildman–Crippen MR) is 94.8 cm³/mol. The van der Waals surface area contributed by atoms with Crippen LogP contribution in [-0.2, 0) is 16.1 Å². The molecule has 3 heterocycles. The summed E-state index contributed by atoms with van der Waals surface area (Å²) in [5.74, 6) is 1.33. The molecule has 3 aromatic heterocycles. The summed E-state index contributed by atoms with van der Waals surface area (Å²) in [5.41, 5.74) is 0.614. The molecule has 0 saturated carbocycles. The average molecular weight is 441 g/mol. The van der Waals surface area contributed by atoms with Gasteiger partial charge in [-0.2, -0.15) is 0 Å². The largest absolute Gasteiger partial charge is 0.456 e. The number of esters is 1. The van der Waals surface area contributed by atoms with E-state index in [4.69, 9.17) is 13.6 Å². The first-order valence-corrected chi connectivity index (χ1v) is 8.68. The van der Waals surface area contributed by atoms with Crippen LogP contribution in [0.1, 0.15) is 17.2 Å². The van der Waals surface area contributed by atoms with E-state index in [0.717, 1.165) is 8.64 Å². The van der Waals surface area contributed by atoms with Gasteiger partial charge >= 0.3 is 5.97 Å². The second kappa shape index (κ2) is 7.14. The summed E-state index contributed by atoms with van der Waals surface area (Å²) in [6.45, 7) is 1.87. The standard InChI is InChI=1S/C16H12INO4S/c1-10-12(18-16(21-10)13-3-2-8-23-13)9-20-15(19)7-5-11-4-6-14(17)22-11/h2-8H,9H2,1H3/b7-5+. The van der Waals surface area contributed by atoms with Crippen LogP contribution >= 0.6 is 33.9 Å². The number of ether oxygens (including phenoxy) is 1. The van der Waals surface area contributed by atoms with Gasteiger partial charge in [-0.1, -0.05) is 6.07 Å². The maximum Gasteiger partial charge on any atom is 0.331 e. The van der Waals surface area contributed by atoms with E-state index in [9.17, 15) is 4.79 Å². The number of aromatic nitrogens is 1. The number of furan rings is 1. The fraction of sp³-hybridized carbons (Fsp3) is 0.125. The Bertz CT molecular complexity index is 832. The molecular weight excluding hydrogens is 429 g/mol. The van der Waals surface area contributed by atoms with Crippen molar-refractivity contribution in [2.45, 2.75) is 13.5 Å². The van der Waals surface area contributed by atoms with Crippen LogP contribution in [0.15, 0.2) is 44.6 Å². The highest BCUT2D eigenvalue weighted by Crippen LogP contribution is 2.26. The Morgan fingerprint density at radius 3 is 2.96 bits per heavy atom. The quantitative estimate of drug-likeness (QED) is 0.327. The Morgan fingerprint density at radius 1 is 1.39 bits per heavy atom. The number of hydrogen-bond donors (Lipinski definition) is 0. The molecule has 0 unspecified atom stereocenters. The Hall–Kier alpha value is -1.87. The molecule has 23 heavy (non-hydrogen) atoms. The number of rotatable bonds is 5. The minimum atomic E-state index is -0.462. The molecule has 0 N–H and O–H groups in total. The van der Waals surface area contributed by atoms with Crippen LogP contribution in [0.25, 0.3) is 16.8 Å². The highest BCUT2D eigenvalue weighted by molar-refractivity contribution is 14.1. The van der Waals surface area contributed by atoms with Crippen molar-refractivity contribution in [3.05, 3.63) is 56.7 Å². The molecule has 0 amide bonds. The van der Waals surface area contributed by atoms with E-state index in [1.165, 1.54) is 6.08 Å². The lowest BCUT2D eigenvalue weighted by molar-refractivity contribution is -0.139.